The smallest absolute Gasteiger partial charge is 0.316 e. The number of carbonyl (C=O) groups excluding carboxylic acids is 1. The fourth-order valence-corrected chi connectivity index (χ4v) is 3.97. The van der Waals surface area contributed by atoms with Crippen LogP contribution < -0.4 is 4.74 Å². The van der Waals surface area contributed by atoms with Crippen molar-refractivity contribution >= 4 is 16.7 Å². The molecule has 0 radical (unpaired) electrons. The zero-order chi connectivity index (χ0) is 21.4. The summed E-state index contributed by atoms with van der Waals surface area (Å²) in [6, 6.07) is 12.5. The summed E-state index contributed by atoms with van der Waals surface area (Å²) in [6.45, 7) is 0.569. The van der Waals surface area contributed by atoms with Crippen molar-refractivity contribution in [1.29, 1.82) is 0 Å². The van der Waals surface area contributed by atoms with Gasteiger partial charge in [-0.05, 0) is 35.2 Å². The average Bonchev–Trinajstić information content (AvgIpc) is 3.57. The minimum Gasteiger partial charge on any atom is -0.467 e. The van der Waals surface area contributed by atoms with E-state index in [1.807, 2.05) is 60.7 Å². The molecule has 156 valence electrons. The first-order chi connectivity index (χ1) is 15.1. The molecule has 1 aliphatic rings. The average molecular weight is 413 g/mol. The van der Waals surface area contributed by atoms with Gasteiger partial charge >= 0.3 is 6.01 Å². The highest BCUT2D eigenvalue weighted by Gasteiger charge is 2.34. The molecule has 2 aromatic carbocycles. The first-order valence-electron chi connectivity index (χ1n) is 10.3. The minimum atomic E-state index is 0.0556. The van der Waals surface area contributed by atoms with Crippen molar-refractivity contribution in [2.75, 3.05) is 7.11 Å². The van der Waals surface area contributed by atoms with Crippen LogP contribution in [0.4, 0.5) is 0 Å². The van der Waals surface area contributed by atoms with Crippen LogP contribution >= 0.6 is 0 Å². The number of hydrogen-bond acceptors (Lipinski definition) is 5. The third-order valence-electron chi connectivity index (χ3n) is 5.63. The number of ether oxygens (including phenoxy) is 1. The third kappa shape index (κ3) is 3.74. The van der Waals surface area contributed by atoms with Gasteiger partial charge in [0, 0.05) is 54.9 Å². The van der Waals surface area contributed by atoms with Gasteiger partial charge in [0.15, 0.2) is 0 Å². The van der Waals surface area contributed by atoms with Gasteiger partial charge in [-0.2, -0.15) is 5.10 Å². The first-order valence-corrected chi connectivity index (χ1v) is 10.3. The van der Waals surface area contributed by atoms with Crippen molar-refractivity contribution in [3.63, 3.8) is 0 Å². The molecule has 1 saturated carbocycles. The second-order valence-electron chi connectivity index (χ2n) is 7.85. The number of fused-ring (bicyclic) bond motifs is 1. The van der Waals surface area contributed by atoms with E-state index in [-0.39, 0.29) is 5.91 Å². The van der Waals surface area contributed by atoms with Gasteiger partial charge in [-0.15, -0.1) is 0 Å². The molecule has 7 nitrogen and oxygen atoms in total. The summed E-state index contributed by atoms with van der Waals surface area (Å²) in [5.41, 5.74) is 3.62. The maximum absolute atomic E-state index is 13.6. The molecular formula is C24H23N5O2. The predicted molar refractivity (Wildman–Crippen MR) is 118 cm³/mol. The van der Waals surface area contributed by atoms with Crippen molar-refractivity contribution in [1.82, 2.24) is 24.6 Å². The predicted octanol–water partition coefficient (Wildman–Crippen LogP) is 3.84. The number of hydrogen-bond donors (Lipinski definition) is 0. The summed E-state index contributed by atoms with van der Waals surface area (Å²) in [5, 5.41) is 6.17. The van der Waals surface area contributed by atoms with E-state index in [1.54, 1.807) is 24.2 Å². The summed E-state index contributed by atoms with van der Waals surface area (Å²) in [5.74, 6) is 0.0556. The highest BCUT2D eigenvalue weighted by Crippen LogP contribution is 2.34. The van der Waals surface area contributed by atoms with E-state index >= 15 is 0 Å². The van der Waals surface area contributed by atoms with Gasteiger partial charge in [-0.25, -0.2) is 9.97 Å². The Morgan fingerprint density at radius 2 is 1.84 bits per heavy atom. The SMILES string of the molecule is COc1ncc(-c2cccc3c(C(=O)N(Cc4cnn(C)c4)C4CC4)cccc23)cn1. The lowest BCUT2D eigenvalue weighted by atomic mass is 9.96. The molecule has 2 aromatic heterocycles. The van der Waals surface area contributed by atoms with Crippen LogP contribution in [0.1, 0.15) is 28.8 Å². The van der Waals surface area contributed by atoms with E-state index in [2.05, 4.69) is 15.1 Å². The molecule has 4 aromatic rings. The summed E-state index contributed by atoms with van der Waals surface area (Å²) < 4.78 is 6.84. The monoisotopic (exact) mass is 413 g/mol. The summed E-state index contributed by atoms with van der Waals surface area (Å²) in [6.07, 6.45) is 9.37. The number of nitrogens with zero attached hydrogens (tertiary/aromatic N) is 5. The Hall–Kier alpha value is -3.74. The molecule has 1 fully saturated rings. The summed E-state index contributed by atoms with van der Waals surface area (Å²) in [7, 11) is 3.43. The van der Waals surface area contributed by atoms with E-state index < -0.39 is 0 Å². The van der Waals surface area contributed by atoms with Crippen molar-refractivity contribution < 1.29 is 9.53 Å². The van der Waals surface area contributed by atoms with Crippen LogP contribution in [0.3, 0.4) is 0 Å². The number of aryl methyl sites for hydroxylation is 1. The second-order valence-corrected chi connectivity index (χ2v) is 7.85. The maximum atomic E-state index is 13.6. The molecule has 5 rings (SSSR count). The molecule has 1 aliphatic carbocycles. The van der Waals surface area contributed by atoms with Gasteiger partial charge in [0.25, 0.3) is 5.91 Å². The van der Waals surface area contributed by atoms with Crippen LogP contribution in [0.25, 0.3) is 21.9 Å². The zero-order valence-corrected chi connectivity index (χ0v) is 17.5. The lowest BCUT2D eigenvalue weighted by Crippen LogP contribution is -2.32. The molecule has 31 heavy (non-hydrogen) atoms. The van der Waals surface area contributed by atoms with Gasteiger partial charge in [0.2, 0.25) is 0 Å². The molecule has 2 heterocycles. The van der Waals surface area contributed by atoms with Gasteiger partial charge in [-0.3, -0.25) is 9.48 Å². The molecule has 7 heteroatoms. The number of rotatable bonds is 6. The van der Waals surface area contributed by atoms with E-state index in [1.165, 1.54) is 0 Å². The first kappa shape index (κ1) is 19.2. The highest BCUT2D eigenvalue weighted by molar-refractivity contribution is 6.10. The van der Waals surface area contributed by atoms with E-state index in [4.69, 9.17) is 4.74 Å². The van der Waals surface area contributed by atoms with Crippen molar-refractivity contribution in [2.24, 2.45) is 7.05 Å². The second kappa shape index (κ2) is 7.83. The lowest BCUT2D eigenvalue weighted by molar-refractivity contribution is 0.0732. The Morgan fingerprint density at radius 1 is 1.10 bits per heavy atom. The molecule has 0 aliphatic heterocycles. The number of carbonyl (C=O) groups is 1. The summed E-state index contributed by atoms with van der Waals surface area (Å²) >= 11 is 0. The van der Waals surface area contributed by atoms with Crippen LogP contribution in [-0.2, 0) is 13.6 Å². The van der Waals surface area contributed by atoms with Gasteiger partial charge in [0.05, 0.1) is 13.3 Å². The molecular weight excluding hydrogens is 390 g/mol. The highest BCUT2D eigenvalue weighted by atomic mass is 16.5. The molecule has 1 amide bonds. The Bertz CT molecular complexity index is 1240. The van der Waals surface area contributed by atoms with Crippen LogP contribution in [0.5, 0.6) is 6.01 Å². The van der Waals surface area contributed by atoms with Crippen LogP contribution in [0.15, 0.2) is 61.2 Å². The van der Waals surface area contributed by atoms with Crippen LogP contribution in [-0.4, -0.2) is 43.7 Å². The van der Waals surface area contributed by atoms with Crippen molar-refractivity contribution in [3.8, 4) is 17.1 Å². The van der Waals surface area contributed by atoms with Crippen molar-refractivity contribution in [3.05, 3.63) is 72.3 Å². The Balaban J connectivity index is 1.54. The standard InChI is InChI=1S/C24H23N5O2/c1-28-14-16(11-27-28)15-29(18-9-10-18)23(30)22-8-4-6-20-19(5-3-7-21(20)22)17-12-25-24(31-2)26-13-17/h3-8,11-14,18H,9-10,15H2,1-2H3. The minimum absolute atomic E-state index is 0.0556. The maximum Gasteiger partial charge on any atom is 0.316 e. The van der Waals surface area contributed by atoms with Gasteiger partial charge < -0.3 is 9.64 Å². The van der Waals surface area contributed by atoms with Gasteiger partial charge in [-0.1, -0.05) is 30.3 Å². The fourth-order valence-electron chi connectivity index (χ4n) is 3.97. The Morgan fingerprint density at radius 3 is 2.52 bits per heavy atom. The lowest BCUT2D eigenvalue weighted by Gasteiger charge is -2.23. The van der Waals surface area contributed by atoms with Gasteiger partial charge in [0.1, 0.15) is 0 Å². The quantitative estimate of drug-likeness (QED) is 0.480. The Kier molecular flexibility index (Phi) is 4.86. The molecule has 0 unspecified atom stereocenters. The zero-order valence-electron chi connectivity index (χ0n) is 17.5. The Labute approximate surface area is 180 Å². The number of amides is 1. The molecule has 0 saturated heterocycles. The fraction of sp³-hybridized carbons (Fsp3) is 0.250. The van der Waals surface area contributed by atoms with Crippen LogP contribution in [0.2, 0.25) is 0 Å². The van der Waals surface area contributed by atoms with E-state index in [0.29, 0.717) is 24.2 Å². The van der Waals surface area contributed by atoms with Crippen molar-refractivity contribution in [2.45, 2.75) is 25.4 Å². The van der Waals surface area contributed by atoms with E-state index in [0.717, 1.165) is 40.3 Å². The number of aromatic nitrogens is 4. The van der Waals surface area contributed by atoms with E-state index in [9.17, 15) is 4.79 Å². The molecule has 0 atom stereocenters. The number of benzene rings is 2. The largest absolute Gasteiger partial charge is 0.467 e. The van der Waals surface area contributed by atoms with Crippen LogP contribution in [0, 0.1) is 0 Å². The topological polar surface area (TPSA) is 73.1 Å². The summed E-state index contributed by atoms with van der Waals surface area (Å²) in [4.78, 5) is 24.1. The number of methoxy groups -OCH3 is 1. The third-order valence-corrected chi connectivity index (χ3v) is 5.63. The molecule has 0 N–H and O–H groups in total. The molecule has 0 spiro atoms. The normalized spacial score (nSPS) is 13.4. The molecule has 0 bridgehead atoms.